The normalized spacial score (nSPS) is 9.74. The smallest absolute Gasteiger partial charge is 0.315 e. The van der Waals surface area contributed by atoms with Crippen LogP contribution in [0.25, 0.3) is 0 Å². The van der Waals surface area contributed by atoms with Gasteiger partial charge in [0.2, 0.25) is 0 Å². The minimum Gasteiger partial charge on any atom is -0.338 e. The van der Waals surface area contributed by atoms with E-state index < -0.39 is 4.92 Å². The molecule has 0 unspecified atom stereocenters. The van der Waals surface area contributed by atoms with E-state index in [1.54, 1.807) is 12.1 Å². The standard InChI is InChI=1S/C12H14BrN3O3/c1-9(13)8-15-12(17)14-7-6-10-2-4-11(5-3-10)16(18)19/h2-5H,1,6-8H2,(H2,14,15,17). The van der Waals surface area contributed by atoms with Crippen LogP contribution in [0.15, 0.2) is 35.3 Å². The molecule has 2 amide bonds. The first-order valence-electron chi connectivity index (χ1n) is 5.57. The van der Waals surface area contributed by atoms with Gasteiger partial charge in [-0.1, -0.05) is 34.6 Å². The third-order valence-electron chi connectivity index (χ3n) is 2.29. The van der Waals surface area contributed by atoms with E-state index in [0.717, 1.165) is 5.56 Å². The van der Waals surface area contributed by atoms with Gasteiger partial charge >= 0.3 is 6.03 Å². The Hall–Kier alpha value is -1.89. The fraction of sp³-hybridized carbons (Fsp3) is 0.250. The summed E-state index contributed by atoms with van der Waals surface area (Å²) >= 11 is 3.13. The zero-order valence-corrected chi connectivity index (χ0v) is 11.8. The van der Waals surface area contributed by atoms with Crippen molar-refractivity contribution in [3.63, 3.8) is 0 Å². The molecule has 0 bridgehead atoms. The van der Waals surface area contributed by atoms with Crippen molar-refractivity contribution in [2.45, 2.75) is 6.42 Å². The zero-order chi connectivity index (χ0) is 14.3. The van der Waals surface area contributed by atoms with Gasteiger partial charge in [0.1, 0.15) is 0 Å². The summed E-state index contributed by atoms with van der Waals surface area (Å²) < 4.78 is 0.693. The molecule has 0 aliphatic rings. The van der Waals surface area contributed by atoms with Gasteiger partial charge in [-0.15, -0.1) is 0 Å². The summed E-state index contributed by atoms with van der Waals surface area (Å²) in [4.78, 5) is 21.3. The Morgan fingerprint density at radius 2 is 1.95 bits per heavy atom. The molecule has 2 N–H and O–H groups in total. The lowest BCUT2D eigenvalue weighted by Crippen LogP contribution is -2.37. The summed E-state index contributed by atoms with van der Waals surface area (Å²) in [7, 11) is 0. The highest BCUT2D eigenvalue weighted by Gasteiger charge is 2.04. The van der Waals surface area contributed by atoms with Crippen LogP contribution >= 0.6 is 15.9 Å². The Morgan fingerprint density at radius 1 is 1.32 bits per heavy atom. The predicted molar refractivity (Wildman–Crippen MR) is 76.3 cm³/mol. The summed E-state index contributed by atoms with van der Waals surface area (Å²) in [6, 6.07) is 5.98. The van der Waals surface area contributed by atoms with E-state index >= 15 is 0 Å². The van der Waals surface area contributed by atoms with Crippen molar-refractivity contribution in [2.75, 3.05) is 13.1 Å². The molecule has 1 rings (SSSR count). The van der Waals surface area contributed by atoms with Gasteiger partial charge in [-0.25, -0.2) is 4.79 Å². The third-order valence-corrected chi connectivity index (χ3v) is 2.57. The second-order valence-electron chi connectivity index (χ2n) is 3.80. The number of hydrogen-bond donors (Lipinski definition) is 2. The number of non-ortho nitro benzene ring substituents is 1. The Balaban J connectivity index is 2.31. The number of hydrogen-bond acceptors (Lipinski definition) is 3. The van der Waals surface area contributed by atoms with Gasteiger partial charge in [-0.2, -0.15) is 0 Å². The van der Waals surface area contributed by atoms with Crippen LogP contribution in [0.1, 0.15) is 5.56 Å². The highest BCUT2D eigenvalue weighted by molar-refractivity contribution is 9.11. The molecule has 0 atom stereocenters. The average Bonchev–Trinajstić information content (AvgIpc) is 2.37. The van der Waals surface area contributed by atoms with Crippen molar-refractivity contribution in [1.82, 2.24) is 10.6 Å². The average molecular weight is 328 g/mol. The van der Waals surface area contributed by atoms with Crippen LogP contribution in [-0.4, -0.2) is 24.0 Å². The lowest BCUT2D eigenvalue weighted by atomic mass is 10.1. The molecule has 0 aliphatic heterocycles. The third kappa shape index (κ3) is 6.01. The second-order valence-corrected chi connectivity index (χ2v) is 4.92. The molecule has 0 saturated carbocycles. The maximum absolute atomic E-state index is 11.3. The number of amides is 2. The molecule has 19 heavy (non-hydrogen) atoms. The quantitative estimate of drug-likeness (QED) is 0.621. The number of nitrogens with zero attached hydrogens (tertiary/aromatic N) is 1. The van der Waals surface area contributed by atoms with E-state index in [1.807, 2.05) is 0 Å². The minimum atomic E-state index is -0.442. The Kier molecular flexibility index (Phi) is 6.01. The van der Waals surface area contributed by atoms with E-state index in [9.17, 15) is 14.9 Å². The highest BCUT2D eigenvalue weighted by atomic mass is 79.9. The summed E-state index contributed by atoms with van der Waals surface area (Å²) in [5.41, 5.74) is 0.987. The summed E-state index contributed by atoms with van der Waals surface area (Å²) in [6.45, 7) is 4.42. The number of carbonyl (C=O) groups is 1. The zero-order valence-electron chi connectivity index (χ0n) is 10.2. The number of benzene rings is 1. The van der Waals surface area contributed by atoms with Crippen molar-refractivity contribution < 1.29 is 9.72 Å². The number of rotatable bonds is 6. The first kappa shape index (κ1) is 15.2. The molecule has 0 saturated heterocycles. The number of nitro groups is 1. The molecule has 0 spiro atoms. The highest BCUT2D eigenvalue weighted by Crippen LogP contribution is 2.11. The minimum absolute atomic E-state index is 0.0604. The Labute approximate surface area is 119 Å². The fourth-order valence-electron chi connectivity index (χ4n) is 1.34. The molecule has 1 aromatic rings. The molecule has 0 fully saturated rings. The van der Waals surface area contributed by atoms with Gasteiger partial charge in [-0.3, -0.25) is 10.1 Å². The largest absolute Gasteiger partial charge is 0.338 e. The van der Waals surface area contributed by atoms with Crippen LogP contribution in [0.3, 0.4) is 0 Å². The Bertz CT molecular complexity index is 474. The van der Waals surface area contributed by atoms with E-state index in [-0.39, 0.29) is 11.7 Å². The molecule has 6 nitrogen and oxygen atoms in total. The maximum Gasteiger partial charge on any atom is 0.315 e. The van der Waals surface area contributed by atoms with Crippen LogP contribution in [0, 0.1) is 10.1 Å². The van der Waals surface area contributed by atoms with Crippen LogP contribution in [-0.2, 0) is 6.42 Å². The molecule has 102 valence electrons. The molecular formula is C12H14BrN3O3. The first-order valence-corrected chi connectivity index (χ1v) is 6.36. The van der Waals surface area contributed by atoms with Crippen LogP contribution in [0.4, 0.5) is 10.5 Å². The van der Waals surface area contributed by atoms with E-state index in [4.69, 9.17) is 0 Å². The number of nitro benzene ring substituents is 1. The molecule has 0 heterocycles. The second kappa shape index (κ2) is 7.52. The topological polar surface area (TPSA) is 84.3 Å². The molecule has 0 aromatic heterocycles. The van der Waals surface area contributed by atoms with Crippen molar-refractivity contribution in [3.8, 4) is 0 Å². The first-order chi connectivity index (χ1) is 8.99. The van der Waals surface area contributed by atoms with E-state index in [2.05, 4.69) is 33.1 Å². The number of nitrogens with one attached hydrogen (secondary N) is 2. The van der Waals surface area contributed by atoms with Crippen LogP contribution in [0.5, 0.6) is 0 Å². The maximum atomic E-state index is 11.3. The van der Waals surface area contributed by atoms with Gasteiger partial charge in [-0.05, 0) is 12.0 Å². The van der Waals surface area contributed by atoms with Gasteiger partial charge in [0, 0.05) is 23.2 Å². The SMILES string of the molecule is C=C(Br)CNC(=O)NCCc1ccc([N+](=O)[O-])cc1. The van der Waals surface area contributed by atoms with E-state index in [0.29, 0.717) is 24.0 Å². The summed E-state index contributed by atoms with van der Waals surface area (Å²) in [6.07, 6.45) is 0.612. The summed E-state index contributed by atoms with van der Waals surface area (Å²) in [5.74, 6) is 0. The van der Waals surface area contributed by atoms with Gasteiger partial charge in [0.25, 0.3) is 5.69 Å². The number of halogens is 1. The van der Waals surface area contributed by atoms with Crippen LogP contribution in [0.2, 0.25) is 0 Å². The number of carbonyl (C=O) groups excluding carboxylic acids is 1. The van der Waals surface area contributed by atoms with Crippen molar-refractivity contribution >= 4 is 27.6 Å². The molecular weight excluding hydrogens is 314 g/mol. The molecule has 0 radical (unpaired) electrons. The lowest BCUT2D eigenvalue weighted by Gasteiger charge is -2.06. The van der Waals surface area contributed by atoms with Gasteiger partial charge < -0.3 is 10.6 Å². The molecule has 1 aromatic carbocycles. The molecule has 0 aliphatic carbocycles. The van der Waals surface area contributed by atoms with Crippen LogP contribution < -0.4 is 10.6 Å². The van der Waals surface area contributed by atoms with Gasteiger partial charge in [0.05, 0.1) is 11.5 Å². The van der Waals surface area contributed by atoms with Crippen molar-refractivity contribution in [2.24, 2.45) is 0 Å². The lowest BCUT2D eigenvalue weighted by molar-refractivity contribution is -0.384. The Morgan fingerprint density at radius 3 is 2.47 bits per heavy atom. The van der Waals surface area contributed by atoms with Crippen molar-refractivity contribution in [3.05, 3.63) is 51.0 Å². The fourth-order valence-corrected chi connectivity index (χ4v) is 1.48. The molecule has 7 heteroatoms. The van der Waals surface area contributed by atoms with E-state index in [1.165, 1.54) is 12.1 Å². The predicted octanol–water partition coefficient (Wildman–Crippen LogP) is 2.35. The van der Waals surface area contributed by atoms with Crippen molar-refractivity contribution in [1.29, 1.82) is 0 Å². The summed E-state index contributed by atoms with van der Waals surface area (Å²) in [5, 5.41) is 15.8. The number of urea groups is 1. The monoisotopic (exact) mass is 327 g/mol. The van der Waals surface area contributed by atoms with Gasteiger partial charge in [0.15, 0.2) is 0 Å².